The molecule has 5 rings (SSSR count). The van der Waals surface area contributed by atoms with Gasteiger partial charge in [-0.15, -0.1) is 10.2 Å². The highest BCUT2D eigenvalue weighted by Gasteiger charge is 2.47. The lowest BCUT2D eigenvalue weighted by atomic mass is 9.95. The monoisotopic (exact) mass is 549 g/mol. The highest BCUT2D eigenvalue weighted by Crippen LogP contribution is 2.45. The third-order valence-electron chi connectivity index (χ3n) is 6.02. The van der Waals surface area contributed by atoms with E-state index in [-0.39, 0.29) is 28.0 Å². The smallest absolute Gasteiger partial charge is 0.296 e. The van der Waals surface area contributed by atoms with Gasteiger partial charge in [0.15, 0.2) is 27.4 Å². The van der Waals surface area contributed by atoms with Crippen LogP contribution in [0, 0.1) is 13.8 Å². The van der Waals surface area contributed by atoms with E-state index >= 15 is 0 Å². The SMILES string of the molecule is COc1cc(C2C(C(=O)c3ccc(C)o3)=C(O)C(=O)N2c2nnc(SCc3ccc(C)cc3)s2)ccc1O. The average Bonchev–Trinajstić information content (AvgIpc) is 3.62. The summed E-state index contributed by atoms with van der Waals surface area (Å²) in [7, 11) is 1.39. The first-order valence-corrected chi connectivity index (χ1v) is 13.3. The van der Waals surface area contributed by atoms with E-state index in [4.69, 9.17) is 9.15 Å². The van der Waals surface area contributed by atoms with Gasteiger partial charge in [-0.25, -0.2) is 0 Å². The molecular weight excluding hydrogens is 526 g/mol. The highest BCUT2D eigenvalue weighted by atomic mass is 32.2. The molecule has 0 saturated carbocycles. The van der Waals surface area contributed by atoms with E-state index in [1.165, 1.54) is 58.9 Å². The summed E-state index contributed by atoms with van der Waals surface area (Å²) in [5.41, 5.74) is 2.54. The Labute approximate surface area is 226 Å². The number of furan rings is 1. The van der Waals surface area contributed by atoms with Crippen LogP contribution in [0.5, 0.6) is 11.5 Å². The summed E-state index contributed by atoms with van der Waals surface area (Å²) in [5, 5.41) is 29.7. The number of thioether (sulfide) groups is 1. The van der Waals surface area contributed by atoms with Crippen LogP contribution in [0.15, 0.2) is 74.7 Å². The molecule has 0 spiro atoms. The van der Waals surface area contributed by atoms with E-state index in [9.17, 15) is 19.8 Å². The molecule has 0 fully saturated rings. The zero-order valence-corrected chi connectivity index (χ0v) is 22.3. The van der Waals surface area contributed by atoms with E-state index in [1.54, 1.807) is 19.1 Å². The molecule has 1 unspecified atom stereocenters. The molecule has 2 N–H and O–H groups in total. The van der Waals surface area contributed by atoms with Gasteiger partial charge in [-0.05, 0) is 49.2 Å². The van der Waals surface area contributed by atoms with Gasteiger partial charge in [0.1, 0.15) is 5.76 Å². The van der Waals surface area contributed by atoms with Gasteiger partial charge < -0.3 is 19.4 Å². The second kappa shape index (κ2) is 10.3. The summed E-state index contributed by atoms with van der Waals surface area (Å²) < 4.78 is 11.4. The standard InChI is InChI=1S/C27H23N3O6S2/c1-14-4-7-16(8-5-14)13-37-27-29-28-26(38-27)30-22(17-9-10-18(31)20(12-17)35-3)21(24(33)25(30)34)23(32)19-11-6-15(2)36-19/h4-12,22,31,33H,13H2,1-3H3. The third kappa shape index (κ3) is 4.77. The number of anilines is 1. The van der Waals surface area contributed by atoms with E-state index < -0.39 is 23.5 Å². The highest BCUT2D eigenvalue weighted by molar-refractivity contribution is 8.00. The molecule has 1 atom stereocenters. The van der Waals surface area contributed by atoms with E-state index in [1.807, 2.05) is 31.2 Å². The normalized spacial score (nSPS) is 15.4. The van der Waals surface area contributed by atoms with Crippen LogP contribution >= 0.6 is 23.1 Å². The summed E-state index contributed by atoms with van der Waals surface area (Å²) in [5.74, 6) is -0.939. The molecule has 1 aliphatic rings. The van der Waals surface area contributed by atoms with Crippen molar-refractivity contribution in [1.29, 1.82) is 0 Å². The van der Waals surface area contributed by atoms with Crippen molar-refractivity contribution in [2.75, 3.05) is 12.0 Å². The first-order valence-electron chi connectivity index (χ1n) is 11.5. The Kier molecular flexibility index (Phi) is 6.96. The second-order valence-electron chi connectivity index (χ2n) is 8.64. The summed E-state index contributed by atoms with van der Waals surface area (Å²) in [4.78, 5) is 28.1. The number of ketones is 1. The first-order chi connectivity index (χ1) is 18.3. The molecule has 38 heavy (non-hydrogen) atoms. The number of ether oxygens (including phenoxy) is 1. The van der Waals surface area contributed by atoms with E-state index in [0.717, 1.165) is 5.56 Å². The van der Waals surface area contributed by atoms with Crippen LogP contribution in [-0.4, -0.2) is 39.2 Å². The predicted octanol–water partition coefficient (Wildman–Crippen LogP) is 5.54. The number of benzene rings is 2. The van der Waals surface area contributed by atoms with Gasteiger partial charge in [-0.3, -0.25) is 14.5 Å². The van der Waals surface area contributed by atoms with Gasteiger partial charge in [-0.2, -0.15) is 0 Å². The van der Waals surface area contributed by atoms with Crippen molar-refractivity contribution in [2.24, 2.45) is 0 Å². The molecule has 9 nitrogen and oxygen atoms in total. The number of carbonyl (C=O) groups is 2. The molecule has 2 aromatic heterocycles. The maximum atomic E-state index is 13.5. The number of nitrogens with zero attached hydrogens (tertiary/aromatic N) is 3. The van der Waals surface area contributed by atoms with Crippen LogP contribution < -0.4 is 9.64 Å². The molecule has 1 aliphatic heterocycles. The Morgan fingerprint density at radius 3 is 2.55 bits per heavy atom. The van der Waals surface area contributed by atoms with Gasteiger partial charge in [0.2, 0.25) is 10.9 Å². The molecule has 0 radical (unpaired) electrons. The molecular formula is C27H23N3O6S2. The summed E-state index contributed by atoms with van der Waals surface area (Å²) in [6, 6.07) is 14.7. The lowest BCUT2D eigenvalue weighted by Crippen LogP contribution is -2.31. The number of aliphatic hydroxyl groups excluding tert-OH is 1. The number of phenolic OH excluding ortho intramolecular Hbond substituents is 1. The largest absolute Gasteiger partial charge is 0.504 e. The minimum absolute atomic E-state index is 0.0129. The maximum Gasteiger partial charge on any atom is 0.296 e. The number of aryl methyl sites for hydroxylation is 2. The minimum atomic E-state index is -1.06. The number of carbonyl (C=O) groups excluding carboxylic acids is 2. The number of rotatable bonds is 8. The topological polar surface area (TPSA) is 126 Å². The fraction of sp³-hybridized carbons (Fsp3) is 0.185. The number of amides is 1. The van der Waals surface area contributed by atoms with Crippen LogP contribution in [-0.2, 0) is 10.5 Å². The maximum absolute atomic E-state index is 13.5. The van der Waals surface area contributed by atoms with Crippen molar-refractivity contribution in [3.05, 3.63) is 94.1 Å². The van der Waals surface area contributed by atoms with Crippen molar-refractivity contribution >= 4 is 39.9 Å². The van der Waals surface area contributed by atoms with Crippen LogP contribution in [0.4, 0.5) is 5.13 Å². The van der Waals surface area contributed by atoms with Crippen LogP contribution in [0.25, 0.3) is 0 Å². The van der Waals surface area contributed by atoms with Gasteiger partial charge >= 0.3 is 0 Å². The number of Topliss-reactive ketones (excluding diaryl/α,β-unsaturated/α-hetero) is 1. The number of hydrogen-bond donors (Lipinski definition) is 2. The molecule has 11 heteroatoms. The first kappa shape index (κ1) is 25.6. The van der Waals surface area contributed by atoms with Crippen molar-refractivity contribution in [3.8, 4) is 11.5 Å². The Hall–Kier alpha value is -4.09. The number of methoxy groups -OCH3 is 1. The van der Waals surface area contributed by atoms with Gasteiger partial charge in [-0.1, -0.05) is 59.0 Å². The predicted molar refractivity (Wildman–Crippen MR) is 143 cm³/mol. The lowest BCUT2D eigenvalue weighted by Gasteiger charge is -2.24. The fourth-order valence-corrected chi connectivity index (χ4v) is 5.91. The Balaban J connectivity index is 1.52. The third-order valence-corrected chi connectivity index (χ3v) is 8.15. The molecule has 1 amide bonds. The number of aliphatic hydroxyl groups is 1. The molecule has 4 aromatic rings. The Morgan fingerprint density at radius 1 is 1.11 bits per heavy atom. The molecule has 0 bridgehead atoms. The fourth-order valence-electron chi connectivity index (χ4n) is 4.09. The molecule has 0 aliphatic carbocycles. The van der Waals surface area contributed by atoms with Crippen molar-refractivity contribution in [3.63, 3.8) is 0 Å². The summed E-state index contributed by atoms with van der Waals surface area (Å²) >= 11 is 2.64. The lowest BCUT2D eigenvalue weighted by molar-refractivity contribution is -0.117. The number of hydrogen-bond acceptors (Lipinski definition) is 10. The average molecular weight is 550 g/mol. The molecule has 194 valence electrons. The van der Waals surface area contributed by atoms with E-state index in [0.29, 0.717) is 21.4 Å². The van der Waals surface area contributed by atoms with Gasteiger partial charge in [0.25, 0.3) is 5.91 Å². The van der Waals surface area contributed by atoms with Crippen molar-refractivity contribution in [2.45, 2.75) is 30.0 Å². The number of aromatic hydroxyl groups is 1. The number of aromatic nitrogens is 2. The van der Waals surface area contributed by atoms with Crippen molar-refractivity contribution < 1.29 is 29.0 Å². The van der Waals surface area contributed by atoms with Crippen molar-refractivity contribution in [1.82, 2.24) is 10.2 Å². The summed E-state index contributed by atoms with van der Waals surface area (Å²) in [6.45, 7) is 3.72. The molecule has 3 heterocycles. The van der Waals surface area contributed by atoms with Gasteiger partial charge in [0, 0.05) is 5.75 Å². The second-order valence-corrected chi connectivity index (χ2v) is 10.8. The Morgan fingerprint density at radius 2 is 1.87 bits per heavy atom. The zero-order chi connectivity index (χ0) is 27.0. The Bertz CT molecular complexity index is 1560. The number of phenols is 1. The van der Waals surface area contributed by atoms with Crippen LogP contribution in [0.2, 0.25) is 0 Å². The van der Waals surface area contributed by atoms with Crippen LogP contribution in [0.1, 0.15) is 39.0 Å². The van der Waals surface area contributed by atoms with Crippen LogP contribution in [0.3, 0.4) is 0 Å². The van der Waals surface area contributed by atoms with E-state index in [2.05, 4.69) is 10.2 Å². The molecule has 0 saturated heterocycles. The zero-order valence-electron chi connectivity index (χ0n) is 20.7. The summed E-state index contributed by atoms with van der Waals surface area (Å²) in [6.07, 6.45) is 0. The minimum Gasteiger partial charge on any atom is -0.504 e. The molecule has 2 aromatic carbocycles. The quantitative estimate of drug-likeness (QED) is 0.166. The van der Waals surface area contributed by atoms with Gasteiger partial charge in [0.05, 0.1) is 18.7 Å².